The van der Waals surface area contributed by atoms with E-state index in [2.05, 4.69) is 20.8 Å². The molecule has 0 unspecified atom stereocenters. The Balaban J connectivity index is 2.09. The summed E-state index contributed by atoms with van der Waals surface area (Å²) < 4.78 is 11.1. The highest BCUT2D eigenvalue weighted by Gasteiger charge is 2.31. The van der Waals surface area contributed by atoms with Gasteiger partial charge in [-0.3, -0.25) is 0 Å². The van der Waals surface area contributed by atoms with Crippen LogP contribution in [0.25, 0.3) is 0 Å². The molecule has 0 atom stereocenters. The van der Waals surface area contributed by atoms with Gasteiger partial charge < -0.3 is 9.47 Å². The van der Waals surface area contributed by atoms with Gasteiger partial charge in [-0.1, -0.05) is 25.0 Å². The second-order valence-electron chi connectivity index (χ2n) is 5.37. The Kier molecular flexibility index (Phi) is 3.17. The van der Waals surface area contributed by atoms with Crippen molar-refractivity contribution < 1.29 is 9.47 Å². The van der Waals surface area contributed by atoms with E-state index in [9.17, 15) is 0 Å². The zero-order valence-electron chi connectivity index (χ0n) is 10.1. The molecule has 1 heterocycles. The van der Waals surface area contributed by atoms with Gasteiger partial charge in [-0.15, -0.1) is 0 Å². The van der Waals surface area contributed by atoms with Crippen LogP contribution in [-0.4, -0.2) is 19.5 Å². The first-order valence-corrected chi connectivity index (χ1v) is 6.02. The summed E-state index contributed by atoms with van der Waals surface area (Å²) in [7, 11) is 0. The first-order valence-electron chi connectivity index (χ1n) is 6.02. The van der Waals surface area contributed by atoms with Crippen molar-refractivity contribution in [3.05, 3.63) is 11.1 Å². The maximum Gasteiger partial charge on any atom is 0.161 e. The summed E-state index contributed by atoms with van der Waals surface area (Å²) in [5.41, 5.74) is 3.48. The van der Waals surface area contributed by atoms with Crippen LogP contribution in [0, 0.1) is 5.41 Å². The van der Waals surface area contributed by atoms with E-state index in [-0.39, 0.29) is 6.29 Å². The van der Waals surface area contributed by atoms with Crippen LogP contribution in [0.15, 0.2) is 11.1 Å². The van der Waals surface area contributed by atoms with Gasteiger partial charge in [0.05, 0.1) is 13.2 Å². The smallest absolute Gasteiger partial charge is 0.161 e. The first-order chi connectivity index (χ1) is 7.09. The fourth-order valence-electron chi connectivity index (χ4n) is 2.82. The minimum atomic E-state index is 0.0207. The van der Waals surface area contributed by atoms with Gasteiger partial charge in [0.2, 0.25) is 0 Å². The largest absolute Gasteiger partial charge is 0.350 e. The molecule has 2 nitrogen and oxygen atoms in total. The molecule has 2 heteroatoms. The van der Waals surface area contributed by atoms with E-state index in [1.165, 1.54) is 19.3 Å². The lowest BCUT2D eigenvalue weighted by Crippen LogP contribution is -2.24. The number of allylic oxidation sites excluding steroid dienone is 1. The fraction of sp³-hybridized carbons (Fsp3) is 0.846. The molecule has 2 aliphatic rings. The average molecular weight is 210 g/mol. The second kappa shape index (κ2) is 4.26. The van der Waals surface area contributed by atoms with E-state index in [0.717, 1.165) is 19.6 Å². The van der Waals surface area contributed by atoms with E-state index in [4.69, 9.17) is 9.47 Å². The van der Waals surface area contributed by atoms with Gasteiger partial charge in [-0.2, -0.15) is 0 Å². The Bertz CT molecular complexity index is 260. The summed E-state index contributed by atoms with van der Waals surface area (Å²) in [6.07, 6.45) is 4.87. The topological polar surface area (TPSA) is 18.5 Å². The highest BCUT2D eigenvalue weighted by Crippen LogP contribution is 2.42. The van der Waals surface area contributed by atoms with Crippen LogP contribution in [0.3, 0.4) is 0 Å². The van der Waals surface area contributed by atoms with Gasteiger partial charge in [0.15, 0.2) is 6.29 Å². The summed E-state index contributed by atoms with van der Waals surface area (Å²) in [5, 5.41) is 0. The van der Waals surface area contributed by atoms with Crippen molar-refractivity contribution in [3.8, 4) is 0 Å². The maximum absolute atomic E-state index is 5.54. The Morgan fingerprint density at radius 3 is 2.53 bits per heavy atom. The van der Waals surface area contributed by atoms with Gasteiger partial charge >= 0.3 is 0 Å². The minimum absolute atomic E-state index is 0.0207. The summed E-state index contributed by atoms with van der Waals surface area (Å²) in [6, 6.07) is 0. The standard InChI is InChI=1S/C13H22O2/c1-10-5-4-6-13(2,3)11(10)9-12-14-7-8-15-12/h12H,4-9H2,1-3H3. The van der Waals surface area contributed by atoms with Crippen molar-refractivity contribution in [1.82, 2.24) is 0 Å². The van der Waals surface area contributed by atoms with Crippen molar-refractivity contribution in [2.45, 2.75) is 52.7 Å². The zero-order valence-corrected chi connectivity index (χ0v) is 10.1. The molecule has 1 fully saturated rings. The van der Waals surface area contributed by atoms with Gasteiger partial charge in [0.25, 0.3) is 0 Å². The molecule has 0 radical (unpaired) electrons. The molecule has 15 heavy (non-hydrogen) atoms. The molecular formula is C13H22O2. The Labute approximate surface area is 92.6 Å². The van der Waals surface area contributed by atoms with Crippen molar-refractivity contribution in [3.63, 3.8) is 0 Å². The summed E-state index contributed by atoms with van der Waals surface area (Å²) in [4.78, 5) is 0. The summed E-state index contributed by atoms with van der Waals surface area (Å²) >= 11 is 0. The SMILES string of the molecule is CC1=C(CC2OCCO2)C(C)(C)CCC1. The normalized spacial score (nSPS) is 27.4. The molecule has 0 saturated carbocycles. The monoisotopic (exact) mass is 210 g/mol. The quantitative estimate of drug-likeness (QED) is 0.651. The van der Waals surface area contributed by atoms with E-state index in [0.29, 0.717) is 5.41 Å². The van der Waals surface area contributed by atoms with E-state index in [1.54, 1.807) is 11.1 Å². The lowest BCUT2D eigenvalue weighted by atomic mass is 9.71. The Hall–Kier alpha value is -0.340. The number of hydrogen-bond acceptors (Lipinski definition) is 2. The molecule has 0 aromatic rings. The highest BCUT2D eigenvalue weighted by molar-refractivity contribution is 5.22. The molecule has 1 saturated heterocycles. The third-order valence-corrected chi connectivity index (χ3v) is 3.75. The molecule has 0 aromatic carbocycles. The van der Waals surface area contributed by atoms with Crippen LogP contribution in [0.5, 0.6) is 0 Å². The van der Waals surface area contributed by atoms with Crippen LogP contribution in [-0.2, 0) is 9.47 Å². The molecular weight excluding hydrogens is 188 g/mol. The van der Waals surface area contributed by atoms with Crippen molar-refractivity contribution in [2.75, 3.05) is 13.2 Å². The molecule has 86 valence electrons. The van der Waals surface area contributed by atoms with Gasteiger partial charge in [0.1, 0.15) is 0 Å². The lowest BCUT2D eigenvalue weighted by molar-refractivity contribution is -0.0433. The number of hydrogen-bond donors (Lipinski definition) is 0. The predicted molar refractivity (Wildman–Crippen MR) is 60.6 cm³/mol. The van der Waals surface area contributed by atoms with E-state index >= 15 is 0 Å². The van der Waals surface area contributed by atoms with Gasteiger partial charge in [-0.25, -0.2) is 0 Å². The third kappa shape index (κ3) is 2.43. The zero-order chi connectivity index (χ0) is 10.9. The van der Waals surface area contributed by atoms with Crippen molar-refractivity contribution in [2.24, 2.45) is 5.41 Å². The van der Waals surface area contributed by atoms with E-state index < -0.39 is 0 Å². The molecule has 1 aliphatic carbocycles. The fourth-order valence-corrected chi connectivity index (χ4v) is 2.82. The van der Waals surface area contributed by atoms with Crippen LogP contribution >= 0.6 is 0 Å². The summed E-state index contributed by atoms with van der Waals surface area (Å²) in [5.74, 6) is 0. The molecule has 0 bridgehead atoms. The van der Waals surface area contributed by atoms with Crippen molar-refractivity contribution in [1.29, 1.82) is 0 Å². The Morgan fingerprint density at radius 1 is 1.27 bits per heavy atom. The lowest BCUT2D eigenvalue weighted by Gasteiger charge is -2.35. The molecule has 2 rings (SSSR count). The first kappa shape index (κ1) is 11.2. The minimum Gasteiger partial charge on any atom is -0.350 e. The van der Waals surface area contributed by atoms with Crippen molar-refractivity contribution >= 4 is 0 Å². The van der Waals surface area contributed by atoms with Crippen LogP contribution in [0.4, 0.5) is 0 Å². The second-order valence-corrected chi connectivity index (χ2v) is 5.37. The van der Waals surface area contributed by atoms with E-state index in [1.807, 2.05) is 0 Å². The van der Waals surface area contributed by atoms with Gasteiger partial charge in [-0.05, 0) is 31.6 Å². The molecule has 0 spiro atoms. The average Bonchev–Trinajstić information content (AvgIpc) is 2.63. The molecule has 0 N–H and O–H groups in total. The maximum atomic E-state index is 5.54. The Morgan fingerprint density at radius 2 is 1.93 bits per heavy atom. The van der Waals surface area contributed by atoms with Gasteiger partial charge in [0, 0.05) is 6.42 Å². The van der Waals surface area contributed by atoms with Crippen LogP contribution in [0.1, 0.15) is 46.5 Å². The summed E-state index contributed by atoms with van der Waals surface area (Å²) in [6.45, 7) is 8.49. The molecule has 1 aliphatic heterocycles. The van der Waals surface area contributed by atoms with Crippen LogP contribution < -0.4 is 0 Å². The highest BCUT2D eigenvalue weighted by atomic mass is 16.7. The molecule has 0 aromatic heterocycles. The predicted octanol–water partition coefficient (Wildman–Crippen LogP) is 3.28. The van der Waals surface area contributed by atoms with Crippen LogP contribution in [0.2, 0.25) is 0 Å². The molecule has 0 amide bonds. The number of rotatable bonds is 2. The third-order valence-electron chi connectivity index (χ3n) is 3.75. The number of ether oxygens (including phenoxy) is 2.